The van der Waals surface area contributed by atoms with Gasteiger partial charge in [0.1, 0.15) is 5.69 Å². The van der Waals surface area contributed by atoms with Crippen LogP contribution < -0.4 is 5.32 Å². The Bertz CT molecular complexity index is 696. The molecule has 0 saturated heterocycles. The average Bonchev–Trinajstić information content (AvgIpc) is 3.03. The number of amides is 1. The molecule has 0 bridgehead atoms. The predicted octanol–water partition coefficient (Wildman–Crippen LogP) is 2.85. The lowest BCUT2D eigenvalue weighted by atomic mass is 10.2. The van der Waals surface area contributed by atoms with E-state index in [1.54, 1.807) is 23.3 Å². The van der Waals surface area contributed by atoms with Crippen molar-refractivity contribution in [2.45, 2.75) is 0 Å². The predicted molar refractivity (Wildman–Crippen MR) is 77.5 cm³/mol. The van der Waals surface area contributed by atoms with E-state index in [0.717, 1.165) is 5.56 Å². The van der Waals surface area contributed by atoms with Gasteiger partial charge in [0.2, 0.25) is 0 Å². The fraction of sp³-hybridized carbons (Fsp3) is 0. The van der Waals surface area contributed by atoms with Gasteiger partial charge in [-0.05, 0) is 0 Å². The third-order valence-corrected chi connectivity index (χ3v) is 3.19. The molecule has 2 heterocycles. The number of carbonyl (C=O) groups is 1. The van der Waals surface area contributed by atoms with Crippen molar-refractivity contribution in [1.82, 2.24) is 15.0 Å². The molecule has 0 saturated carbocycles. The number of thiazole rings is 1. The number of hydrogen-bond acceptors (Lipinski definition) is 5. The van der Waals surface area contributed by atoms with Crippen LogP contribution in [0.1, 0.15) is 10.5 Å². The van der Waals surface area contributed by atoms with Crippen molar-refractivity contribution in [3.8, 4) is 11.4 Å². The van der Waals surface area contributed by atoms with Crippen molar-refractivity contribution in [2.75, 3.05) is 5.32 Å². The highest BCUT2D eigenvalue weighted by atomic mass is 32.1. The molecule has 2 aromatic heterocycles. The molecule has 0 radical (unpaired) electrons. The van der Waals surface area contributed by atoms with Gasteiger partial charge in [-0.15, -0.1) is 11.3 Å². The largest absolute Gasteiger partial charge is 0.318 e. The van der Waals surface area contributed by atoms with Gasteiger partial charge in [-0.25, -0.2) is 15.0 Å². The zero-order valence-electron chi connectivity index (χ0n) is 10.4. The van der Waals surface area contributed by atoms with Crippen LogP contribution in [-0.4, -0.2) is 20.9 Å². The summed E-state index contributed by atoms with van der Waals surface area (Å²) >= 11 is 1.38. The van der Waals surface area contributed by atoms with Gasteiger partial charge in [0.25, 0.3) is 5.91 Å². The lowest BCUT2D eigenvalue weighted by molar-refractivity contribution is 0.102. The Balaban J connectivity index is 1.75. The summed E-state index contributed by atoms with van der Waals surface area (Å²) in [6, 6.07) is 9.66. The van der Waals surface area contributed by atoms with Crippen LogP contribution >= 0.6 is 11.3 Å². The summed E-state index contributed by atoms with van der Waals surface area (Å²) in [5, 5.41) is 4.39. The van der Waals surface area contributed by atoms with Gasteiger partial charge in [-0.1, -0.05) is 30.3 Å². The Morgan fingerprint density at radius 3 is 2.45 bits per heavy atom. The summed E-state index contributed by atoms with van der Waals surface area (Å²) in [5.41, 5.74) is 3.49. The first-order valence-corrected chi connectivity index (χ1v) is 6.84. The topological polar surface area (TPSA) is 67.8 Å². The quantitative estimate of drug-likeness (QED) is 0.802. The van der Waals surface area contributed by atoms with Gasteiger partial charge in [0.05, 0.1) is 23.6 Å². The first-order valence-electron chi connectivity index (χ1n) is 5.90. The Labute approximate surface area is 119 Å². The number of carbonyl (C=O) groups excluding carboxylic acids is 1. The van der Waals surface area contributed by atoms with E-state index in [1.807, 2.05) is 30.3 Å². The number of nitrogens with one attached hydrogen (secondary N) is 1. The minimum atomic E-state index is -0.262. The number of rotatable bonds is 3. The zero-order valence-corrected chi connectivity index (χ0v) is 11.2. The van der Waals surface area contributed by atoms with E-state index in [9.17, 15) is 4.79 Å². The van der Waals surface area contributed by atoms with Gasteiger partial charge < -0.3 is 5.32 Å². The second kappa shape index (κ2) is 5.58. The van der Waals surface area contributed by atoms with E-state index in [0.29, 0.717) is 17.2 Å². The van der Waals surface area contributed by atoms with E-state index in [4.69, 9.17) is 0 Å². The summed E-state index contributed by atoms with van der Waals surface area (Å²) in [6.07, 6.45) is 3.17. The molecule has 98 valence electrons. The molecule has 0 unspecified atom stereocenters. The summed E-state index contributed by atoms with van der Waals surface area (Å²) < 4.78 is 0. The fourth-order valence-electron chi connectivity index (χ4n) is 1.65. The summed E-state index contributed by atoms with van der Waals surface area (Å²) in [5.74, 6) is 0.361. The molecule has 0 aliphatic heterocycles. The number of hydrogen-bond donors (Lipinski definition) is 1. The smallest absolute Gasteiger partial charge is 0.275 e. The van der Waals surface area contributed by atoms with Crippen molar-refractivity contribution in [1.29, 1.82) is 0 Å². The minimum Gasteiger partial charge on any atom is -0.318 e. The van der Waals surface area contributed by atoms with Crippen molar-refractivity contribution < 1.29 is 4.79 Å². The molecule has 6 heteroatoms. The molecule has 1 N–H and O–H groups in total. The fourth-order valence-corrected chi connectivity index (χ4v) is 2.18. The minimum absolute atomic E-state index is 0.262. The van der Waals surface area contributed by atoms with Gasteiger partial charge in [0.15, 0.2) is 5.82 Å². The Kier molecular flexibility index (Phi) is 3.47. The van der Waals surface area contributed by atoms with E-state index < -0.39 is 0 Å². The molecule has 1 aromatic carbocycles. The van der Waals surface area contributed by atoms with Gasteiger partial charge >= 0.3 is 0 Å². The summed E-state index contributed by atoms with van der Waals surface area (Å²) in [7, 11) is 0. The second-order valence-electron chi connectivity index (χ2n) is 3.99. The lowest BCUT2D eigenvalue weighted by Crippen LogP contribution is -2.12. The molecule has 0 spiro atoms. The van der Waals surface area contributed by atoms with Crippen LogP contribution in [0.4, 0.5) is 5.69 Å². The van der Waals surface area contributed by atoms with E-state index >= 15 is 0 Å². The van der Waals surface area contributed by atoms with E-state index in [1.165, 1.54) is 11.3 Å². The van der Waals surface area contributed by atoms with Gasteiger partial charge in [-0.2, -0.15) is 0 Å². The maximum absolute atomic E-state index is 11.8. The molecular formula is C14H10N4OS. The Morgan fingerprint density at radius 1 is 1.05 bits per heavy atom. The van der Waals surface area contributed by atoms with Crippen LogP contribution in [0.3, 0.4) is 0 Å². The molecule has 5 nitrogen and oxygen atoms in total. The van der Waals surface area contributed by atoms with Crippen LogP contribution in [0.5, 0.6) is 0 Å². The first kappa shape index (κ1) is 12.4. The maximum Gasteiger partial charge on any atom is 0.275 e. The van der Waals surface area contributed by atoms with Crippen LogP contribution in [0, 0.1) is 0 Å². The molecule has 0 aliphatic rings. The molecular weight excluding hydrogens is 272 g/mol. The monoisotopic (exact) mass is 282 g/mol. The third kappa shape index (κ3) is 2.70. The second-order valence-corrected chi connectivity index (χ2v) is 4.71. The van der Waals surface area contributed by atoms with E-state index in [-0.39, 0.29) is 5.91 Å². The summed E-state index contributed by atoms with van der Waals surface area (Å²) in [4.78, 5) is 24.2. The van der Waals surface area contributed by atoms with Gasteiger partial charge in [-0.3, -0.25) is 4.79 Å². The molecule has 0 fully saturated rings. The highest BCUT2D eigenvalue weighted by Crippen LogP contribution is 2.15. The maximum atomic E-state index is 11.8. The molecule has 20 heavy (non-hydrogen) atoms. The van der Waals surface area contributed by atoms with Crippen LogP contribution in [0.15, 0.2) is 53.6 Å². The highest BCUT2D eigenvalue weighted by molar-refractivity contribution is 7.07. The van der Waals surface area contributed by atoms with Crippen molar-refractivity contribution >= 4 is 22.9 Å². The first-order chi connectivity index (χ1) is 9.83. The number of nitrogens with zero attached hydrogens (tertiary/aromatic N) is 3. The number of benzene rings is 1. The Hall–Kier alpha value is -2.60. The number of anilines is 1. The number of aromatic nitrogens is 3. The average molecular weight is 282 g/mol. The summed E-state index contributed by atoms with van der Waals surface area (Å²) in [6.45, 7) is 0. The molecule has 3 aromatic rings. The van der Waals surface area contributed by atoms with Crippen LogP contribution in [0.2, 0.25) is 0 Å². The molecule has 3 rings (SSSR count). The SMILES string of the molecule is O=C(Nc1cnc(-c2ccccc2)nc1)c1cscn1. The van der Waals surface area contributed by atoms with Crippen molar-refractivity contribution in [3.05, 3.63) is 59.3 Å². The normalized spacial score (nSPS) is 10.2. The molecule has 1 amide bonds. The highest BCUT2D eigenvalue weighted by Gasteiger charge is 2.08. The van der Waals surface area contributed by atoms with Crippen LogP contribution in [-0.2, 0) is 0 Å². The van der Waals surface area contributed by atoms with Crippen molar-refractivity contribution in [3.63, 3.8) is 0 Å². The van der Waals surface area contributed by atoms with Crippen LogP contribution in [0.25, 0.3) is 11.4 Å². The Morgan fingerprint density at radius 2 is 1.80 bits per heavy atom. The van der Waals surface area contributed by atoms with E-state index in [2.05, 4.69) is 20.3 Å². The van der Waals surface area contributed by atoms with Crippen molar-refractivity contribution in [2.24, 2.45) is 0 Å². The standard InChI is InChI=1S/C14H10N4OS/c19-14(12-8-20-9-17-12)18-11-6-15-13(16-7-11)10-4-2-1-3-5-10/h1-9H,(H,18,19). The molecule has 0 atom stereocenters. The van der Waals surface area contributed by atoms with Gasteiger partial charge in [0, 0.05) is 10.9 Å². The lowest BCUT2D eigenvalue weighted by Gasteiger charge is -2.03. The third-order valence-electron chi connectivity index (χ3n) is 2.61. The zero-order chi connectivity index (χ0) is 13.8. The molecule has 0 aliphatic carbocycles.